The molecule has 1 aliphatic heterocycles. The summed E-state index contributed by atoms with van der Waals surface area (Å²) in [5.41, 5.74) is 2.39. The Labute approximate surface area is 101 Å². The summed E-state index contributed by atoms with van der Waals surface area (Å²) in [5, 5.41) is 0.0839. The largest absolute Gasteiger partial charge is 0.199 e. The Morgan fingerprint density at radius 2 is 2.00 bits per heavy atom. The highest BCUT2D eigenvalue weighted by Crippen LogP contribution is 2.38. The van der Waals surface area contributed by atoms with Crippen LogP contribution in [-0.4, -0.2) is 5.75 Å². The fraction of sp³-hybridized carbons (Fsp3) is 0.429. The molecule has 2 rings (SSSR count). The highest BCUT2D eigenvalue weighted by Gasteiger charge is 2.21. The molecule has 1 heterocycles. The molecule has 0 bridgehead atoms. The third-order valence-corrected chi connectivity index (χ3v) is 4.24. The second-order valence-electron chi connectivity index (χ2n) is 4.35. The zero-order chi connectivity index (χ0) is 11.4. The van der Waals surface area contributed by atoms with E-state index >= 15 is 0 Å². The quantitative estimate of drug-likeness (QED) is 0.737. The SMILES string of the molecule is CC1CSC(F)=C1CCCc1ccccc1. The maximum absolute atomic E-state index is 13.4. The molecule has 1 aromatic carbocycles. The van der Waals surface area contributed by atoms with Crippen LogP contribution >= 0.6 is 11.8 Å². The summed E-state index contributed by atoms with van der Waals surface area (Å²) in [4.78, 5) is 0. The minimum Gasteiger partial charge on any atom is -0.199 e. The number of hydrogen-bond acceptors (Lipinski definition) is 1. The highest BCUT2D eigenvalue weighted by molar-refractivity contribution is 8.03. The summed E-state index contributed by atoms with van der Waals surface area (Å²) in [5.74, 6) is 1.35. The third-order valence-electron chi connectivity index (χ3n) is 3.06. The second kappa shape index (κ2) is 5.53. The molecule has 0 spiro atoms. The smallest absolute Gasteiger partial charge is 0.156 e. The minimum absolute atomic E-state index is 0.0839. The first-order chi connectivity index (χ1) is 7.77. The zero-order valence-electron chi connectivity index (χ0n) is 9.58. The van der Waals surface area contributed by atoms with E-state index in [0.29, 0.717) is 5.92 Å². The van der Waals surface area contributed by atoms with Gasteiger partial charge in [0.2, 0.25) is 0 Å². The molecular formula is C14H17FS. The molecule has 0 saturated heterocycles. The van der Waals surface area contributed by atoms with Crippen molar-refractivity contribution in [3.63, 3.8) is 0 Å². The van der Waals surface area contributed by atoms with Crippen LogP contribution in [0.3, 0.4) is 0 Å². The maximum Gasteiger partial charge on any atom is 0.156 e. The van der Waals surface area contributed by atoms with Crippen LogP contribution < -0.4 is 0 Å². The van der Waals surface area contributed by atoms with Gasteiger partial charge in [0.05, 0.1) is 0 Å². The molecule has 0 aromatic heterocycles. The van der Waals surface area contributed by atoms with Crippen LogP contribution in [0.25, 0.3) is 0 Å². The van der Waals surface area contributed by atoms with Gasteiger partial charge in [-0.1, -0.05) is 49.0 Å². The van der Waals surface area contributed by atoms with Gasteiger partial charge in [-0.15, -0.1) is 0 Å². The van der Waals surface area contributed by atoms with Gasteiger partial charge in [-0.2, -0.15) is 4.39 Å². The molecule has 0 nitrogen and oxygen atoms in total. The van der Waals surface area contributed by atoms with Gasteiger partial charge in [-0.25, -0.2) is 0 Å². The lowest BCUT2D eigenvalue weighted by Gasteiger charge is -2.07. The van der Waals surface area contributed by atoms with Crippen LogP contribution in [0.2, 0.25) is 0 Å². The average molecular weight is 236 g/mol. The molecule has 16 heavy (non-hydrogen) atoms. The molecule has 0 N–H and O–H groups in total. The minimum atomic E-state index is 0.0839. The topological polar surface area (TPSA) is 0 Å². The summed E-state index contributed by atoms with van der Waals surface area (Å²) in [7, 11) is 0. The van der Waals surface area contributed by atoms with Gasteiger partial charge in [0.25, 0.3) is 0 Å². The first-order valence-electron chi connectivity index (χ1n) is 5.82. The molecule has 0 aliphatic carbocycles. The van der Waals surface area contributed by atoms with Crippen LogP contribution in [0.5, 0.6) is 0 Å². The van der Waals surface area contributed by atoms with Crippen molar-refractivity contribution in [1.82, 2.24) is 0 Å². The fourth-order valence-electron chi connectivity index (χ4n) is 2.06. The van der Waals surface area contributed by atoms with Gasteiger partial charge >= 0.3 is 0 Å². The van der Waals surface area contributed by atoms with Crippen LogP contribution in [0.15, 0.2) is 41.1 Å². The van der Waals surface area contributed by atoms with Crippen molar-refractivity contribution in [2.75, 3.05) is 5.75 Å². The van der Waals surface area contributed by atoms with E-state index in [9.17, 15) is 4.39 Å². The predicted molar refractivity (Wildman–Crippen MR) is 69.1 cm³/mol. The summed E-state index contributed by atoms with van der Waals surface area (Å²) in [6, 6.07) is 10.4. The standard InChI is InChI=1S/C14H17FS/c1-11-10-16-14(15)13(11)9-5-8-12-6-3-2-4-7-12/h2-4,6-7,11H,5,8-10H2,1H3. The molecule has 1 unspecified atom stereocenters. The van der Waals surface area contributed by atoms with Crippen LogP contribution in [-0.2, 0) is 6.42 Å². The molecule has 86 valence electrons. The Kier molecular flexibility index (Phi) is 4.05. The summed E-state index contributed by atoms with van der Waals surface area (Å²) in [6.07, 6.45) is 3.02. The van der Waals surface area contributed by atoms with E-state index in [-0.39, 0.29) is 5.16 Å². The van der Waals surface area contributed by atoms with Crippen molar-refractivity contribution in [1.29, 1.82) is 0 Å². The van der Waals surface area contributed by atoms with Crippen LogP contribution in [0.4, 0.5) is 4.39 Å². The number of thioether (sulfide) groups is 1. The first-order valence-corrected chi connectivity index (χ1v) is 6.81. The van der Waals surface area contributed by atoms with E-state index < -0.39 is 0 Å². The normalized spacial score (nSPS) is 20.5. The summed E-state index contributed by atoms with van der Waals surface area (Å²) in [6.45, 7) is 2.12. The summed E-state index contributed by atoms with van der Waals surface area (Å²) >= 11 is 1.37. The Morgan fingerprint density at radius 1 is 1.25 bits per heavy atom. The Hall–Kier alpha value is -0.760. The fourth-order valence-corrected chi connectivity index (χ4v) is 3.14. The van der Waals surface area contributed by atoms with E-state index in [0.717, 1.165) is 30.6 Å². The maximum atomic E-state index is 13.4. The van der Waals surface area contributed by atoms with E-state index in [1.807, 2.05) is 6.07 Å². The van der Waals surface area contributed by atoms with Crippen molar-refractivity contribution < 1.29 is 4.39 Å². The molecule has 2 heteroatoms. The van der Waals surface area contributed by atoms with Gasteiger partial charge in [0, 0.05) is 5.75 Å². The van der Waals surface area contributed by atoms with Gasteiger partial charge in [-0.05, 0) is 36.3 Å². The zero-order valence-corrected chi connectivity index (χ0v) is 10.4. The summed E-state index contributed by atoms with van der Waals surface area (Å²) < 4.78 is 13.4. The van der Waals surface area contributed by atoms with Crippen LogP contribution in [0, 0.1) is 5.92 Å². The van der Waals surface area contributed by atoms with Gasteiger partial charge in [-0.3, -0.25) is 0 Å². The Morgan fingerprint density at radius 3 is 2.62 bits per heavy atom. The molecule has 0 fully saturated rings. The average Bonchev–Trinajstić information content (AvgIpc) is 2.62. The van der Waals surface area contributed by atoms with Crippen molar-refractivity contribution in [2.24, 2.45) is 5.92 Å². The van der Waals surface area contributed by atoms with Gasteiger partial charge in [0.15, 0.2) is 5.16 Å². The number of rotatable bonds is 4. The molecule has 1 aromatic rings. The lowest BCUT2D eigenvalue weighted by Crippen LogP contribution is -1.98. The van der Waals surface area contributed by atoms with Crippen molar-refractivity contribution in [3.8, 4) is 0 Å². The Balaban J connectivity index is 1.83. The van der Waals surface area contributed by atoms with E-state index in [1.54, 1.807) is 0 Å². The first kappa shape index (κ1) is 11.7. The Bertz CT molecular complexity index is 370. The third kappa shape index (κ3) is 2.88. The predicted octanol–water partition coefficient (Wildman–Crippen LogP) is 4.57. The van der Waals surface area contributed by atoms with Crippen LogP contribution in [0.1, 0.15) is 25.3 Å². The van der Waals surface area contributed by atoms with Crippen molar-refractivity contribution >= 4 is 11.8 Å². The molecule has 1 aliphatic rings. The second-order valence-corrected chi connectivity index (χ2v) is 5.33. The van der Waals surface area contributed by atoms with E-state index in [4.69, 9.17) is 0 Å². The highest BCUT2D eigenvalue weighted by atomic mass is 32.2. The lowest BCUT2D eigenvalue weighted by molar-refractivity contribution is 0.631. The number of halogens is 1. The van der Waals surface area contributed by atoms with Gasteiger partial charge < -0.3 is 0 Å². The number of benzene rings is 1. The molecule has 0 amide bonds. The van der Waals surface area contributed by atoms with E-state index in [2.05, 4.69) is 31.2 Å². The molecule has 1 atom stereocenters. The lowest BCUT2D eigenvalue weighted by atomic mass is 9.97. The molecule has 0 radical (unpaired) electrons. The molecular weight excluding hydrogens is 219 g/mol. The van der Waals surface area contributed by atoms with E-state index in [1.165, 1.54) is 17.3 Å². The number of allylic oxidation sites excluding steroid dienone is 1. The number of hydrogen-bond donors (Lipinski definition) is 0. The van der Waals surface area contributed by atoms with Gasteiger partial charge in [0.1, 0.15) is 0 Å². The monoisotopic (exact) mass is 236 g/mol. The number of aryl methyl sites for hydroxylation is 1. The van der Waals surface area contributed by atoms with Crippen molar-refractivity contribution in [2.45, 2.75) is 26.2 Å². The molecule has 0 saturated carbocycles. The van der Waals surface area contributed by atoms with Crippen molar-refractivity contribution in [3.05, 3.63) is 46.6 Å².